The molecule has 1 aliphatic heterocycles. The summed E-state index contributed by atoms with van der Waals surface area (Å²) in [6.45, 7) is 5.28. The van der Waals surface area contributed by atoms with E-state index in [0.717, 1.165) is 54.7 Å². The minimum absolute atomic E-state index is 0.654. The lowest BCUT2D eigenvalue weighted by Crippen LogP contribution is -2.01. The van der Waals surface area contributed by atoms with Crippen LogP contribution in [0.1, 0.15) is 13.8 Å². The molecule has 0 spiro atoms. The Hall–Kier alpha value is -3.90. The van der Waals surface area contributed by atoms with Crippen LogP contribution in [0, 0.1) is 0 Å². The van der Waals surface area contributed by atoms with Gasteiger partial charge in [-0.2, -0.15) is 0 Å². The van der Waals surface area contributed by atoms with E-state index in [1.165, 1.54) is 0 Å². The number of aromatic nitrogens is 1. The van der Waals surface area contributed by atoms with E-state index >= 15 is 0 Å². The van der Waals surface area contributed by atoms with E-state index in [0.29, 0.717) is 13.2 Å². The fourth-order valence-corrected chi connectivity index (χ4v) is 4.70. The van der Waals surface area contributed by atoms with Gasteiger partial charge in [0.2, 0.25) is 0 Å². The Labute approximate surface area is 202 Å². The average Bonchev–Trinajstić information content (AvgIpc) is 2.85. The Morgan fingerprint density at radius 1 is 0.765 bits per heavy atom. The van der Waals surface area contributed by atoms with Crippen LogP contribution in [-0.4, -0.2) is 18.2 Å². The predicted molar refractivity (Wildman–Crippen MR) is 140 cm³/mol. The van der Waals surface area contributed by atoms with Crippen molar-refractivity contribution in [3.63, 3.8) is 0 Å². The number of nitrogens with zero attached hydrogens (tertiary/aromatic N) is 2. The van der Waals surface area contributed by atoms with Gasteiger partial charge in [0, 0.05) is 11.4 Å². The summed E-state index contributed by atoms with van der Waals surface area (Å²) in [7, 11) is 0. The van der Waals surface area contributed by atoms with Crippen LogP contribution in [-0.2, 0) is 0 Å². The summed E-state index contributed by atoms with van der Waals surface area (Å²) >= 11 is 1.72. The average molecular weight is 468 g/mol. The van der Waals surface area contributed by atoms with Crippen molar-refractivity contribution in [2.45, 2.75) is 13.8 Å². The Morgan fingerprint density at radius 3 is 2.15 bits per heavy atom. The smallest absolute Gasteiger partial charge is 0.119 e. The van der Waals surface area contributed by atoms with E-state index in [1.807, 2.05) is 74.5 Å². The summed E-state index contributed by atoms with van der Waals surface area (Å²) in [4.78, 5) is 10.7. The fourth-order valence-electron chi connectivity index (χ4n) is 3.66. The van der Waals surface area contributed by atoms with Gasteiger partial charge in [-0.25, -0.2) is 9.98 Å². The van der Waals surface area contributed by atoms with Crippen molar-refractivity contribution in [1.82, 2.24) is 4.98 Å². The Kier molecular flexibility index (Phi) is 6.40. The fraction of sp³-hybridized carbons (Fsp3) is 0.143. The number of benzene rings is 4. The lowest BCUT2D eigenvalue weighted by Gasteiger charge is -2.10. The number of rotatable bonds is 7. The molecule has 3 aromatic carbocycles. The summed E-state index contributed by atoms with van der Waals surface area (Å²) < 4.78 is 12.1. The van der Waals surface area contributed by atoms with Crippen LogP contribution in [0.4, 0.5) is 17.1 Å². The maximum atomic E-state index is 5.52. The Morgan fingerprint density at radius 2 is 1.44 bits per heavy atom. The molecule has 0 radical (unpaired) electrons. The highest BCUT2D eigenvalue weighted by Crippen LogP contribution is 2.32. The van der Waals surface area contributed by atoms with Crippen molar-refractivity contribution in [3.05, 3.63) is 90.3 Å². The van der Waals surface area contributed by atoms with Crippen LogP contribution in [0.25, 0.3) is 20.8 Å². The van der Waals surface area contributed by atoms with Crippen LogP contribution in [0.2, 0.25) is 0 Å². The lowest BCUT2D eigenvalue weighted by molar-refractivity contribution is 0.340. The number of ether oxygens (including phenoxy) is 2. The minimum atomic E-state index is 0.654. The molecule has 6 heteroatoms. The monoisotopic (exact) mass is 467 g/mol. The summed E-state index contributed by atoms with van der Waals surface area (Å²) in [5, 5.41) is 4.37. The highest BCUT2D eigenvalue weighted by molar-refractivity contribution is 7.21. The zero-order valence-corrected chi connectivity index (χ0v) is 19.9. The van der Waals surface area contributed by atoms with E-state index in [-0.39, 0.29) is 0 Å². The van der Waals surface area contributed by atoms with E-state index in [9.17, 15) is 0 Å². The molecule has 3 aromatic rings. The number of anilines is 2. The molecule has 5 rings (SSSR count). The first-order chi connectivity index (χ1) is 16.7. The van der Waals surface area contributed by atoms with E-state index in [1.54, 1.807) is 11.3 Å². The maximum Gasteiger partial charge on any atom is 0.119 e. The summed E-state index contributed by atoms with van der Waals surface area (Å²) in [5.74, 6) is 1.73. The van der Waals surface area contributed by atoms with Gasteiger partial charge in [0.25, 0.3) is 0 Å². The van der Waals surface area contributed by atoms with Gasteiger partial charge < -0.3 is 14.8 Å². The number of hydrogen-bond donors (Lipinski definition) is 1. The quantitative estimate of drug-likeness (QED) is 0.258. The zero-order chi connectivity index (χ0) is 23.3. The number of hydrogen-bond acceptors (Lipinski definition) is 6. The third-order valence-corrected chi connectivity index (χ3v) is 6.32. The third kappa shape index (κ3) is 5.02. The molecule has 0 unspecified atom stereocenters. The second-order valence-corrected chi connectivity index (χ2v) is 8.75. The predicted octanol–water partition coefficient (Wildman–Crippen LogP) is 7.17. The summed E-state index contributed by atoms with van der Waals surface area (Å²) in [5.41, 5.74) is 4.87. The summed E-state index contributed by atoms with van der Waals surface area (Å²) in [6, 6.07) is 28.2. The number of fused-ring (bicyclic) bond motifs is 2. The zero-order valence-electron chi connectivity index (χ0n) is 19.1. The van der Waals surface area contributed by atoms with Gasteiger partial charge in [-0.3, -0.25) is 0 Å². The topological polar surface area (TPSA) is 55.7 Å². The summed E-state index contributed by atoms with van der Waals surface area (Å²) in [6.07, 6.45) is 0. The van der Waals surface area contributed by atoms with Gasteiger partial charge >= 0.3 is 0 Å². The molecule has 5 nitrogen and oxygen atoms in total. The lowest BCUT2D eigenvalue weighted by atomic mass is 10.2. The van der Waals surface area contributed by atoms with E-state index in [2.05, 4.69) is 29.6 Å². The Balaban J connectivity index is 1.43. The van der Waals surface area contributed by atoms with Crippen molar-refractivity contribution < 1.29 is 9.47 Å². The molecular formula is C28H25N3O2S. The second-order valence-electron chi connectivity index (χ2n) is 7.67. The molecule has 0 amide bonds. The molecular weight excluding hydrogens is 442 g/mol. The van der Waals surface area contributed by atoms with Crippen LogP contribution in [0.15, 0.2) is 89.9 Å². The van der Waals surface area contributed by atoms with Crippen molar-refractivity contribution in [2.75, 3.05) is 18.5 Å². The van der Waals surface area contributed by atoms with Gasteiger partial charge in [-0.05, 0) is 98.8 Å². The van der Waals surface area contributed by atoms with Gasteiger partial charge in [0.1, 0.15) is 11.5 Å². The molecule has 0 fully saturated rings. The van der Waals surface area contributed by atoms with Gasteiger partial charge in [-0.15, -0.1) is 11.3 Å². The minimum Gasteiger partial charge on any atom is -0.494 e. The first-order valence-electron chi connectivity index (χ1n) is 11.3. The molecule has 0 aromatic heterocycles. The molecule has 1 heterocycles. The molecule has 0 saturated heterocycles. The van der Waals surface area contributed by atoms with Gasteiger partial charge in [0.15, 0.2) is 0 Å². The van der Waals surface area contributed by atoms with Crippen molar-refractivity contribution in [2.24, 2.45) is 4.99 Å². The normalized spacial score (nSPS) is 11.6. The van der Waals surface area contributed by atoms with Crippen molar-refractivity contribution in [3.8, 4) is 22.1 Å². The van der Waals surface area contributed by atoms with Crippen molar-refractivity contribution in [1.29, 1.82) is 0 Å². The molecule has 1 aliphatic carbocycles. The molecule has 2 aliphatic rings. The number of nitrogens with one attached hydrogen (secondary N) is 1. The second kappa shape index (κ2) is 9.93. The molecule has 34 heavy (non-hydrogen) atoms. The molecule has 170 valence electrons. The van der Waals surface area contributed by atoms with Gasteiger partial charge in [-0.1, -0.05) is 0 Å². The molecule has 0 bridgehead atoms. The standard InChI is InChI=1S/C28H25N3O2S/c1-3-32-23-11-5-19(6-12-23)29-21-9-15-25-27(17-21)34-28-18-22(10-16-26(28)31-25)30-20-7-13-24(14-8-20)33-4-2/h5-18,29H,3-4H2,1-2H3. The van der Waals surface area contributed by atoms with Crippen molar-refractivity contribution >= 4 is 38.6 Å². The highest BCUT2D eigenvalue weighted by atomic mass is 32.1. The highest BCUT2D eigenvalue weighted by Gasteiger charge is 2.08. The van der Waals surface area contributed by atoms with Crippen LogP contribution < -0.4 is 20.1 Å². The molecule has 0 atom stereocenters. The molecule has 1 N–H and O–H groups in total. The first-order valence-corrected chi connectivity index (χ1v) is 12.1. The SMILES string of the molecule is CCOc1ccc(N=c2ccc3nc4ccc(Nc5ccc(OCC)cc5)cc4sc-3c2)cc1. The first kappa shape index (κ1) is 21.9. The van der Waals surface area contributed by atoms with Crippen LogP contribution in [0.3, 0.4) is 0 Å². The van der Waals surface area contributed by atoms with E-state index < -0.39 is 0 Å². The Bertz CT molecular complexity index is 1440. The molecule has 0 saturated carbocycles. The maximum absolute atomic E-state index is 5.52. The van der Waals surface area contributed by atoms with Crippen LogP contribution >= 0.6 is 11.3 Å². The third-order valence-electron chi connectivity index (χ3n) is 5.22. The van der Waals surface area contributed by atoms with E-state index in [4.69, 9.17) is 19.5 Å². The van der Waals surface area contributed by atoms with Crippen LogP contribution in [0.5, 0.6) is 11.5 Å². The van der Waals surface area contributed by atoms with Gasteiger partial charge in [0.05, 0.1) is 45.0 Å². The largest absolute Gasteiger partial charge is 0.494 e.